The largest absolute Gasteiger partial charge is 0.392 e. The summed E-state index contributed by atoms with van der Waals surface area (Å²) in [5.74, 6) is -1.40. The van der Waals surface area contributed by atoms with Gasteiger partial charge in [-0.2, -0.15) is 0 Å². The lowest BCUT2D eigenvalue weighted by Gasteiger charge is -2.27. The van der Waals surface area contributed by atoms with Gasteiger partial charge in [0, 0.05) is 18.2 Å². The van der Waals surface area contributed by atoms with Gasteiger partial charge >= 0.3 is 0 Å². The predicted molar refractivity (Wildman–Crippen MR) is 155 cm³/mol. The highest BCUT2D eigenvalue weighted by atomic mass is 19.1. The molecule has 3 atom stereocenters. The monoisotopic (exact) mass is 541 g/mol. The van der Waals surface area contributed by atoms with Crippen molar-refractivity contribution in [3.8, 4) is 0 Å². The average Bonchev–Trinajstić information content (AvgIpc) is 3.47. The fourth-order valence-electron chi connectivity index (χ4n) is 5.90. The molecule has 0 aromatic heterocycles. The summed E-state index contributed by atoms with van der Waals surface area (Å²) in [5, 5.41) is 14.2. The summed E-state index contributed by atoms with van der Waals surface area (Å²) in [5.41, 5.74) is 3.61. The highest BCUT2D eigenvalue weighted by Crippen LogP contribution is 2.33. The van der Waals surface area contributed by atoms with Gasteiger partial charge in [0.25, 0.3) is 5.91 Å². The first kappa shape index (κ1) is 27.7. The number of amides is 2. The second-order valence-electron chi connectivity index (χ2n) is 10.9. The van der Waals surface area contributed by atoms with Crippen LogP contribution < -0.4 is 10.2 Å². The van der Waals surface area contributed by atoms with E-state index in [4.69, 9.17) is 4.99 Å². The van der Waals surface area contributed by atoms with E-state index in [0.717, 1.165) is 31.2 Å². The van der Waals surface area contributed by atoms with Crippen LogP contribution in [0.3, 0.4) is 0 Å². The molecular weight excluding hydrogens is 505 g/mol. The SMILES string of the molecule is CN1C(=O)[C@@H](NC(=O)[C@H](CC2CCCC2)[C@@H](O)CCc2ccccc2)N=C(c2ccc(F)cc2)c2ccccc21. The number of hydrogen-bond donors (Lipinski definition) is 2. The van der Waals surface area contributed by atoms with Crippen molar-refractivity contribution in [3.05, 3.63) is 101 Å². The molecule has 2 amide bonds. The maximum absolute atomic E-state index is 13.8. The molecule has 208 valence electrons. The average molecular weight is 542 g/mol. The second kappa shape index (κ2) is 12.6. The van der Waals surface area contributed by atoms with Gasteiger partial charge in [-0.15, -0.1) is 0 Å². The first-order valence-corrected chi connectivity index (χ1v) is 14.1. The Kier molecular flexibility index (Phi) is 8.70. The molecule has 5 rings (SSSR count). The Morgan fingerprint density at radius 2 is 1.70 bits per heavy atom. The number of nitrogens with one attached hydrogen (secondary N) is 1. The standard InChI is InChI=1S/C33H36FN3O3/c1-37-28-14-8-7-13-26(28)30(24-16-18-25(34)19-17-24)35-31(33(37)40)36-32(39)27(21-23-11-5-6-12-23)29(38)20-15-22-9-3-2-4-10-22/h2-4,7-10,13-14,16-19,23,27,29,31,38H,5-6,11-12,15,20-21H2,1H3,(H,36,39)/t27-,29+,31-/m1/s1. The van der Waals surface area contributed by atoms with Crippen molar-refractivity contribution in [2.45, 2.75) is 57.2 Å². The van der Waals surface area contributed by atoms with Crippen LogP contribution in [0.4, 0.5) is 10.1 Å². The second-order valence-corrected chi connectivity index (χ2v) is 10.9. The fourth-order valence-corrected chi connectivity index (χ4v) is 5.90. The molecule has 1 heterocycles. The van der Waals surface area contributed by atoms with E-state index in [1.165, 1.54) is 17.0 Å². The lowest BCUT2D eigenvalue weighted by Crippen LogP contribution is -2.49. The molecule has 2 aliphatic rings. The number of benzene rings is 3. The smallest absolute Gasteiger partial charge is 0.272 e. The van der Waals surface area contributed by atoms with Crippen molar-refractivity contribution in [1.29, 1.82) is 0 Å². The van der Waals surface area contributed by atoms with E-state index in [2.05, 4.69) is 5.32 Å². The Hall–Kier alpha value is -3.84. The molecule has 6 nitrogen and oxygen atoms in total. The van der Waals surface area contributed by atoms with E-state index in [1.54, 1.807) is 19.2 Å². The molecule has 0 saturated heterocycles. The predicted octanol–water partition coefficient (Wildman–Crippen LogP) is 5.27. The number of aliphatic hydroxyl groups excluding tert-OH is 1. The Bertz CT molecular complexity index is 1350. The third kappa shape index (κ3) is 6.31. The molecule has 1 aliphatic carbocycles. The van der Waals surface area contributed by atoms with Gasteiger partial charge in [-0.25, -0.2) is 9.38 Å². The maximum Gasteiger partial charge on any atom is 0.272 e. The Balaban J connectivity index is 1.42. The summed E-state index contributed by atoms with van der Waals surface area (Å²) in [6, 6.07) is 23.2. The van der Waals surface area contributed by atoms with Crippen LogP contribution in [0.1, 0.15) is 55.2 Å². The molecular formula is C33H36FN3O3. The molecule has 7 heteroatoms. The number of para-hydroxylation sites is 1. The minimum Gasteiger partial charge on any atom is -0.392 e. The Morgan fingerprint density at radius 3 is 2.42 bits per heavy atom. The van der Waals surface area contributed by atoms with Gasteiger partial charge in [-0.3, -0.25) is 9.59 Å². The first-order valence-electron chi connectivity index (χ1n) is 14.1. The third-order valence-corrected chi connectivity index (χ3v) is 8.17. The molecule has 1 aliphatic heterocycles. The van der Waals surface area contributed by atoms with Gasteiger partial charge in [0.05, 0.1) is 23.4 Å². The number of nitrogens with zero attached hydrogens (tertiary/aromatic N) is 2. The molecule has 0 unspecified atom stereocenters. The molecule has 1 fully saturated rings. The number of anilines is 1. The van der Waals surface area contributed by atoms with E-state index in [0.29, 0.717) is 47.7 Å². The quantitative estimate of drug-likeness (QED) is 0.387. The van der Waals surface area contributed by atoms with E-state index < -0.39 is 18.2 Å². The summed E-state index contributed by atoms with van der Waals surface area (Å²) in [4.78, 5) is 33.7. The van der Waals surface area contributed by atoms with Crippen molar-refractivity contribution in [1.82, 2.24) is 5.32 Å². The molecule has 0 radical (unpaired) electrons. The summed E-state index contributed by atoms with van der Waals surface area (Å²) in [7, 11) is 1.66. The number of rotatable bonds is 9. The van der Waals surface area contributed by atoms with Gasteiger partial charge in [-0.05, 0) is 61.1 Å². The number of aliphatic hydroxyl groups is 1. The number of carbonyl (C=O) groups excluding carboxylic acids is 2. The molecule has 40 heavy (non-hydrogen) atoms. The number of fused-ring (bicyclic) bond motifs is 1. The van der Waals surface area contributed by atoms with Crippen molar-refractivity contribution in [2.75, 3.05) is 11.9 Å². The van der Waals surface area contributed by atoms with Crippen molar-refractivity contribution < 1.29 is 19.1 Å². The van der Waals surface area contributed by atoms with Crippen LogP contribution in [0.15, 0.2) is 83.9 Å². The van der Waals surface area contributed by atoms with Crippen molar-refractivity contribution >= 4 is 23.2 Å². The number of carbonyl (C=O) groups is 2. The van der Waals surface area contributed by atoms with Crippen molar-refractivity contribution in [3.63, 3.8) is 0 Å². The number of likely N-dealkylation sites (N-methyl/N-ethyl adjacent to an activating group) is 1. The zero-order valence-corrected chi connectivity index (χ0v) is 22.8. The molecule has 0 bridgehead atoms. The highest BCUT2D eigenvalue weighted by molar-refractivity contribution is 6.20. The zero-order chi connectivity index (χ0) is 28.1. The van der Waals surface area contributed by atoms with Crippen LogP contribution in [0.25, 0.3) is 0 Å². The fraction of sp³-hybridized carbons (Fsp3) is 0.364. The number of hydrogen-bond acceptors (Lipinski definition) is 4. The topological polar surface area (TPSA) is 82.0 Å². The Labute approximate surface area is 234 Å². The van der Waals surface area contributed by atoms with E-state index >= 15 is 0 Å². The lowest BCUT2D eigenvalue weighted by molar-refractivity contribution is -0.133. The molecule has 0 spiro atoms. The van der Waals surface area contributed by atoms with Gasteiger partial charge in [0.2, 0.25) is 12.1 Å². The summed E-state index contributed by atoms with van der Waals surface area (Å²) in [6.07, 6.45) is 4.00. The van der Waals surface area contributed by atoms with Crippen LogP contribution in [-0.2, 0) is 16.0 Å². The number of benzodiazepines with no additional fused rings is 1. The number of aryl methyl sites for hydroxylation is 1. The van der Waals surface area contributed by atoms with Gasteiger partial charge < -0.3 is 15.3 Å². The molecule has 3 aromatic rings. The highest BCUT2D eigenvalue weighted by Gasteiger charge is 2.36. The summed E-state index contributed by atoms with van der Waals surface area (Å²) >= 11 is 0. The third-order valence-electron chi connectivity index (χ3n) is 8.17. The normalized spacial score (nSPS) is 19.0. The van der Waals surface area contributed by atoms with Crippen LogP contribution in [0.5, 0.6) is 0 Å². The van der Waals surface area contributed by atoms with Gasteiger partial charge in [-0.1, -0.05) is 74.2 Å². The van der Waals surface area contributed by atoms with Gasteiger partial charge in [0.15, 0.2) is 0 Å². The van der Waals surface area contributed by atoms with E-state index in [1.807, 2.05) is 54.6 Å². The summed E-state index contributed by atoms with van der Waals surface area (Å²) < 4.78 is 13.7. The molecule has 2 N–H and O–H groups in total. The van der Waals surface area contributed by atoms with Crippen LogP contribution in [0.2, 0.25) is 0 Å². The number of aliphatic imine (C=N–C) groups is 1. The minimum atomic E-state index is -1.18. The lowest BCUT2D eigenvalue weighted by atomic mass is 9.86. The van der Waals surface area contributed by atoms with Crippen molar-refractivity contribution in [2.24, 2.45) is 16.8 Å². The van der Waals surface area contributed by atoms with Crippen LogP contribution in [-0.4, -0.2) is 41.9 Å². The zero-order valence-electron chi connectivity index (χ0n) is 22.8. The van der Waals surface area contributed by atoms with Crippen LogP contribution >= 0.6 is 0 Å². The summed E-state index contributed by atoms with van der Waals surface area (Å²) in [6.45, 7) is 0. The molecule has 1 saturated carbocycles. The van der Waals surface area contributed by atoms with E-state index in [-0.39, 0.29) is 17.6 Å². The van der Waals surface area contributed by atoms with Gasteiger partial charge in [0.1, 0.15) is 5.82 Å². The van der Waals surface area contributed by atoms with Crippen LogP contribution in [0, 0.1) is 17.7 Å². The Morgan fingerprint density at radius 1 is 1.02 bits per heavy atom. The minimum absolute atomic E-state index is 0.368. The molecule has 3 aromatic carbocycles. The first-order chi connectivity index (χ1) is 19.4. The van der Waals surface area contributed by atoms with E-state index in [9.17, 15) is 19.1 Å². The number of halogens is 1. The maximum atomic E-state index is 13.8.